The molecule has 1 aromatic heterocycles. The lowest BCUT2D eigenvalue weighted by Crippen LogP contribution is -2.27. The maximum Gasteiger partial charge on any atom is 0.412 e. The first-order valence-electron chi connectivity index (χ1n) is 7.13. The van der Waals surface area contributed by atoms with Crippen LogP contribution in [0.4, 0.5) is 14.9 Å². The van der Waals surface area contributed by atoms with Crippen LogP contribution in [0.25, 0.3) is 11.3 Å². The van der Waals surface area contributed by atoms with Crippen LogP contribution in [0.15, 0.2) is 24.4 Å². The van der Waals surface area contributed by atoms with Crippen LogP contribution in [0.1, 0.15) is 31.1 Å². The first-order chi connectivity index (χ1) is 11.1. The molecule has 0 saturated carbocycles. The number of ether oxygens (including phenoxy) is 1. The first kappa shape index (κ1) is 17.5. The Morgan fingerprint density at radius 1 is 1.33 bits per heavy atom. The van der Waals surface area contributed by atoms with Gasteiger partial charge in [-0.1, -0.05) is 0 Å². The van der Waals surface area contributed by atoms with Crippen molar-refractivity contribution in [1.29, 1.82) is 0 Å². The van der Waals surface area contributed by atoms with Crippen LogP contribution in [0.5, 0.6) is 0 Å². The highest BCUT2D eigenvalue weighted by Gasteiger charge is 2.21. The zero-order valence-corrected chi connectivity index (χ0v) is 13.8. The standard InChI is InChI=1S/C16H18FN3O4/c1-16(2,3)24-15(23)19-9-5-6-10(12(17)7-9)13-11(14(21)22)8-18-20(13)4/h5-8H,1-4H3,(H,19,23)(H,21,22). The van der Waals surface area contributed by atoms with Crippen molar-refractivity contribution in [2.45, 2.75) is 26.4 Å². The van der Waals surface area contributed by atoms with E-state index < -0.39 is 23.5 Å². The molecule has 0 aliphatic heterocycles. The van der Waals surface area contributed by atoms with Gasteiger partial charge in [-0.25, -0.2) is 14.0 Å². The largest absolute Gasteiger partial charge is 0.478 e. The number of carbonyl (C=O) groups excluding carboxylic acids is 1. The molecule has 2 N–H and O–H groups in total. The van der Waals surface area contributed by atoms with Gasteiger partial charge >= 0.3 is 12.1 Å². The van der Waals surface area contributed by atoms with Crippen molar-refractivity contribution >= 4 is 17.7 Å². The van der Waals surface area contributed by atoms with E-state index in [9.17, 15) is 14.0 Å². The van der Waals surface area contributed by atoms with Gasteiger partial charge in [0.15, 0.2) is 0 Å². The Morgan fingerprint density at radius 3 is 2.54 bits per heavy atom. The normalized spacial score (nSPS) is 11.2. The van der Waals surface area contributed by atoms with E-state index in [1.54, 1.807) is 20.8 Å². The molecule has 0 bridgehead atoms. The summed E-state index contributed by atoms with van der Waals surface area (Å²) in [4.78, 5) is 22.9. The number of aryl methyl sites for hydroxylation is 1. The lowest BCUT2D eigenvalue weighted by Gasteiger charge is -2.19. The fraction of sp³-hybridized carbons (Fsp3) is 0.312. The molecule has 0 aliphatic carbocycles. The number of nitrogens with zero attached hydrogens (tertiary/aromatic N) is 2. The molecular weight excluding hydrogens is 317 g/mol. The summed E-state index contributed by atoms with van der Waals surface area (Å²) >= 11 is 0. The third kappa shape index (κ3) is 3.89. The highest BCUT2D eigenvalue weighted by atomic mass is 19.1. The molecule has 0 saturated heterocycles. The first-order valence-corrected chi connectivity index (χ1v) is 7.13. The molecule has 24 heavy (non-hydrogen) atoms. The number of carbonyl (C=O) groups is 2. The number of amides is 1. The van der Waals surface area contributed by atoms with E-state index in [-0.39, 0.29) is 22.5 Å². The predicted octanol–water partition coefficient (Wildman–Crippen LogP) is 3.27. The number of aromatic carboxylic acids is 1. The van der Waals surface area contributed by atoms with Gasteiger partial charge in [-0.05, 0) is 39.0 Å². The molecule has 1 amide bonds. The van der Waals surface area contributed by atoms with Gasteiger partial charge in [0.2, 0.25) is 0 Å². The summed E-state index contributed by atoms with van der Waals surface area (Å²) in [6, 6.07) is 3.93. The molecular formula is C16H18FN3O4. The minimum Gasteiger partial charge on any atom is -0.478 e. The number of carboxylic acids is 1. The van der Waals surface area contributed by atoms with E-state index in [1.807, 2.05) is 0 Å². The van der Waals surface area contributed by atoms with Gasteiger partial charge in [-0.2, -0.15) is 5.10 Å². The number of carboxylic acid groups (broad SMARTS) is 1. The fourth-order valence-corrected chi connectivity index (χ4v) is 2.12. The average molecular weight is 335 g/mol. The number of hydrogen-bond acceptors (Lipinski definition) is 4. The van der Waals surface area contributed by atoms with E-state index in [0.29, 0.717) is 0 Å². The maximum atomic E-state index is 14.4. The SMILES string of the molecule is Cn1ncc(C(=O)O)c1-c1ccc(NC(=O)OC(C)(C)C)cc1F. The van der Waals surface area contributed by atoms with E-state index >= 15 is 0 Å². The Labute approximate surface area is 138 Å². The average Bonchev–Trinajstić information content (AvgIpc) is 2.78. The smallest absolute Gasteiger partial charge is 0.412 e. The molecule has 128 valence electrons. The number of rotatable bonds is 3. The number of benzene rings is 1. The van der Waals surface area contributed by atoms with Crippen molar-refractivity contribution in [3.05, 3.63) is 35.8 Å². The summed E-state index contributed by atoms with van der Waals surface area (Å²) in [6.45, 7) is 5.14. The summed E-state index contributed by atoms with van der Waals surface area (Å²) in [5.41, 5.74) is -0.368. The van der Waals surface area contributed by atoms with Crippen molar-refractivity contribution in [2.24, 2.45) is 7.05 Å². The molecule has 0 spiro atoms. The molecule has 1 aromatic carbocycles. The predicted molar refractivity (Wildman–Crippen MR) is 85.4 cm³/mol. The quantitative estimate of drug-likeness (QED) is 0.898. The van der Waals surface area contributed by atoms with Crippen LogP contribution < -0.4 is 5.32 Å². The summed E-state index contributed by atoms with van der Waals surface area (Å²) in [5.74, 6) is -1.89. The Hall–Kier alpha value is -2.90. The van der Waals surface area contributed by atoms with Crippen LogP contribution in [0, 0.1) is 5.82 Å². The second kappa shape index (κ2) is 6.31. The van der Waals surface area contributed by atoms with Crippen molar-refractivity contribution in [3.8, 4) is 11.3 Å². The van der Waals surface area contributed by atoms with Gasteiger partial charge in [0.05, 0.1) is 11.9 Å². The number of anilines is 1. The summed E-state index contributed by atoms with van der Waals surface area (Å²) in [7, 11) is 1.52. The Morgan fingerprint density at radius 2 is 2.00 bits per heavy atom. The van der Waals surface area contributed by atoms with Crippen molar-refractivity contribution in [1.82, 2.24) is 9.78 Å². The molecule has 0 unspecified atom stereocenters. The molecule has 0 atom stereocenters. The second-order valence-electron chi connectivity index (χ2n) is 6.16. The van der Waals surface area contributed by atoms with Gasteiger partial charge in [0.1, 0.15) is 17.0 Å². The van der Waals surface area contributed by atoms with Crippen molar-refractivity contribution in [2.75, 3.05) is 5.32 Å². The topological polar surface area (TPSA) is 93.5 Å². The van der Waals surface area contributed by atoms with Crippen molar-refractivity contribution < 1.29 is 23.8 Å². The minimum atomic E-state index is -1.20. The zero-order chi connectivity index (χ0) is 18.1. The monoisotopic (exact) mass is 335 g/mol. The summed E-state index contributed by atoms with van der Waals surface area (Å²) in [5, 5.41) is 15.4. The Bertz CT molecular complexity index is 793. The summed E-state index contributed by atoms with van der Waals surface area (Å²) in [6.07, 6.45) is 0.450. The highest BCUT2D eigenvalue weighted by Crippen LogP contribution is 2.28. The van der Waals surface area contributed by atoms with Gasteiger partial charge in [0.25, 0.3) is 0 Å². The minimum absolute atomic E-state index is 0.0714. The molecule has 0 fully saturated rings. The zero-order valence-electron chi connectivity index (χ0n) is 13.8. The highest BCUT2D eigenvalue weighted by molar-refractivity contribution is 5.95. The van der Waals surface area contributed by atoms with E-state index in [2.05, 4.69) is 10.4 Å². The number of aromatic nitrogens is 2. The number of hydrogen-bond donors (Lipinski definition) is 2. The summed E-state index contributed by atoms with van der Waals surface area (Å²) < 4.78 is 20.8. The molecule has 7 nitrogen and oxygen atoms in total. The van der Waals surface area contributed by atoms with Gasteiger partial charge in [-0.3, -0.25) is 10.00 Å². The molecule has 8 heteroatoms. The van der Waals surface area contributed by atoms with Gasteiger partial charge in [-0.15, -0.1) is 0 Å². The lowest BCUT2D eigenvalue weighted by atomic mass is 10.1. The fourth-order valence-electron chi connectivity index (χ4n) is 2.12. The Kier molecular flexibility index (Phi) is 4.59. The molecule has 1 heterocycles. The van der Waals surface area contributed by atoms with Crippen LogP contribution in [-0.2, 0) is 11.8 Å². The maximum absolute atomic E-state index is 14.4. The number of nitrogens with one attached hydrogen (secondary N) is 1. The van der Waals surface area contributed by atoms with Gasteiger partial charge in [0, 0.05) is 18.3 Å². The van der Waals surface area contributed by atoms with Gasteiger partial charge < -0.3 is 9.84 Å². The van der Waals surface area contributed by atoms with E-state index in [0.717, 1.165) is 12.3 Å². The van der Waals surface area contributed by atoms with E-state index in [4.69, 9.17) is 9.84 Å². The Balaban J connectivity index is 2.30. The molecule has 2 aromatic rings. The van der Waals surface area contributed by atoms with Crippen LogP contribution in [0.3, 0.4) is 0 Å². The molecule has 0 aliphatic rings. The second-order valence-corrected chi connectivity index (χ2v) is 6.16. The van der Waals surface area contributed by atoms with Crippen LogP contribution in [0.2, 0.25) is 0 Å². The number of halogens is 1. The lowest BCUT2D eigenvalue weighted by molar-refractivity contribution is 0.0634. The third-order valence-corrected chi connectivity index (χ3v) is 3.04. The van der Waals surface area contributed by atoms with Crippen molar-refractivity contribution in [3.63, 3.8) is 0 Å². The van der Waals surface area contributed by atoms with E-state index in [1.165, 1.54) is 23.9 Å². The molecule has 0 radical (unpaired) electrons. The van der Waals surface area contributed by atoms with Crippen LogP contribution in [-0.4, -0.2) is 32.6 Å². The molecule has 2 rings (SSSR count). The van der Waals surface area contributed by atoms with Crippen LogP contribution >= 0.6 is 0 Å². The third-order valence-electron chi connectivity index (χ3n) is 3.04.